The summed E-state index contributed by atoms with van der Waals surface area (Å²) in [5, 5.41) is 5.00. The molecule has 0 aromatic heterocycles. The van der Waals surface area contributed by atoms with Crippen LogP contribution in [0.1, 0.15) is 12.8 Å². The predicted molar refractivity (Wildman–Crippen MR) is 82.6 cm³/mol. The van der Waals surface area contributed by atoms with Gasteiger partial charge in [-0.15, -0.1) is 0 Å². The van der Waals surface area contributed by atoms with Gasteiger partial charge < -0.3 is 4.90 Å². The zero-order valence-electron chi connectivity index (χ0n) is 12.5. The average Bonchev–Trinajstić information content (AvgIpc) is 2.45. The quantitative estimate of drug-likeness (QED) is 0.845. The van der Waals surface area contributed by atoms with E-state index in [4.69, 9.17) is 5.14 Å². The lowest BCUT2D eigenvalue weighted by atomic mass is 9.98. The van der Waals surface area contributed by atoms with Crippen molar-refractivity contribution < 1.29 is 30.0 Å². The Morgan fingerprint density at radius 1 is 1.08 bits per heavy atom. The molecule has 0 spiro atoms. The first-order chi connectivity index (χ1) is 10.9. The Kier molecular flexibility index (Phi) is 5.17. The number of sulfonamides is 1. The Bertz CT molecular complexity index is 799. The molecule has 1 saturated heterocycles. The van der Waals surface area contributed by atoms with Gasteiger partial charge in [-0.05, 0) is 30.9 Å². The number of sulfone groups is 1. The van der Waals surface area contributed by atoms with Crippen LogP contribution in [-0.2, 0) is 19.9 Å². The van der Waals surface area contributed by atoms with Gasteiger partial charge in [0, 0.05) is 13.1 Å². The number of rotatable bonds is 4. The highest BCUT2D eigenvalue weighted by Gasteiger charge is 2.48. The van der Waals surface area contributed by atoms with Crippen molar-refractivity contribution in [2.75, 3.05) is 23.7 Å². The van der Waals surface area contributed by atoms with Gasteiger partial charge in [0.1, 0.15) is 0 Å². The number of anilines is 1. The average molecular weight is 386 g/mol. The molecule has 24 heavy (non-hydrogen) atoms. The maximum atomic E-state index is 12.8. The molecule has 136 valence electrons. The minimum Gasteiger partial charge on any atom is -0.370 e. The van der Waals surface area contributed by atoms with Crippen molar-refractivity contribution in [1.29, 1.82) is 0 Å². The Balaban J connectivity index is 2.24. The zero-order valence-corrected chi connectivity index (χ0v) is 14.2. The molecule has 0 saturated carbocycles. The largest absolute Gasteiger partial charge is 0.501 e. The van der Waals surface area contributed by atoms with Crippen LogP contribution >= 0.6 is 0 Å². The van der Waals surface area contributed by atoms with Gasteiger partial charge in [-0.3, -0.25) is 0 Å². The van der Waals surface area contributed by atoms with Crippen molar-refractivity contribution in [1.82, 2.24) is 0 Å². The van der Waals surface area contributed by atoms with Gasteiger partial charge in [0.2, 0.25) is 10.0 Å². The van der Waals surface area contributed by atoms with Gasteiger partial charge in [-0.1, -0.05) is 12.1 Å². The van der Waals surface area contributed by atoms with E-state index in [1.54, 1.807) is 0 Å². The van der Waals surface area contributed by atoms with Gasteiger partial charge >= 0.3 is 5.51 Å². The fraction of sp³-hybridized carbons (Fsp3) is 0.538. The van der Waals surface area contributed by atoms with Crippen LogP contribution in [-0.4, -0.2) is 41.2 Å². The van der Waals surface area contributed by atoms with Crippen LogP contribution in [0.5, 0.6) is 0 Å². The van der Waals surface area contributed by atoms with Gasteiger partial charge in [0.05, 0.1) is 16.3 Å². The Morgan fingerprint density at radius 2 is 1.62 bits per heavy atom. The van der Waals surface area contributed by atoms with Crippen molar-refractivity contribution in [3.8, 4) is 0 Å². The summed E-state index contributed by atoms with van der Waals surface area (Å²) in [6.45, 7) is 0.509. The normalized spacial score (nSPS) is 17.9. The smallest absolute Gasteiger partial charge is 0.370 e. The molecule has 0 aliphatic carbocycles. The minimum atomic E-state index is -5.46. The first kappa shape index (κ1) is 19.0. The lowest BCUT2D eigenvalue weighted by molar-refractivity contribution is -0.0435. The fourth-order valence-electron chi connectivity index (χ4n) is 2.74. The summed E-state index contributed by atoms with van der Waals surface area (Å²) in [4.78, 5) is 0.737. The SMILES string of the molecule is NS(=O)(=O)CC1CCN(c2ccccc2S(=O)(=O)C(F)(F)F)CC1. The number of piperidine rings is 1. The van der Waals surface area contributed by atoms with Gasteiger partial charge in [0.15, 0.2) is 0 Å². The maximum Gasteiger partial charge on any atom is 0.501 e. The molecule has 1 heterocycles. The van der Waals surface area contributed by atoms with Crippen LogP contribution < -0.4 is 10.0 Å². The maximum absolute atomic E-state index is 12.8. The van der Waals surface area contributed by atoms with Gasteiger partial charge in [-0.25, -0.2) is 22.0 Å². The van der Waals surface area contributed by atoms with Crippen LogP contribution in [0.25, 0.3) is 0 Å². The summed E-state index contributed by atoms with van der Waals surface area (Å²) in [5.41, 5.74) is -5.40. The molecule has 1 aliphatic rings. The molecule has 1 aliphatic heterocycles. The molecular formula is C13H17F3N2O4S2. The molecule has 0 radical (unpaired) electrons. The molecule has 11 heteroatoms. The van der Waals surface area contributed by atoms with E-state index in [2.05, 4.69) is 0 Å². The van der Waals surface area contributed by atoms with Gasteiger partial charge in [0.25, 0.3) is 9.84 Å². The summed E-state index contributed by atoms with van der Waals surface area (Å²) < 4.78 is 84.1. The molecule has 0 atom stereocenters. The number of hydrogen-bond donors (Lipinski definition) is 1. The molecule has 1 aromatic rings. The summed E-state index contributed by atoms with van der Waals surface area (Å²) in [7, 11) is -9.08. The van der Waals surface area contributed by atoms with Crippen molar-refractivity contribution in [3.05, 3.63) is 24.3 Å². The number of hydrogen-bond acceptors (Lipinski definition) is 5. The molecule has 0 bridgehead atoms. The fourth-order valence-corrected chi connectivity index (χ4v) is 4.71. The summed E-state index contributed by atoms with van der Waals surface area (Å²) in [6, 6.07) is 4.93. The number of halogens is 3. The van der Waals surface area contributed by atoms with Crippen molar-refractivity contribution in [3.63, 3.8) is 0 Å². The predicted octanol–water partition coefficient (Wildman–Crippen LogP) is 1.48. The third-order valence-electron chi connectivity index (χ3n) is 3.88. The lowest BCUT2D eigenvalue weighted by Gasteiger charge is -2.34. The second kappa shape index (κ2) is 6.52. The molecule has 2 N–H and O–H groups in total. The van der Waals surface area contributed by atoms with Crippen molar-refractivity contribution in [2.24, 2.45) is 11.1 Å². The Labute approximate surface area is 138 Å². The lowest BCUT2D eigenvalue weighted by Crippen LogP contribution is -2.38. The second-order valence-corrected chi connectivity index (χ2v) is 9.25. The van der Waals surface area contributed by atoms with E-state index >= 15 is 0 Å². The first-order valence-corrected chi connectivity index (χ1v) is 10.3. The molecule has 1 fully saturated rings. The van der Waals surface area contributed by atoms with E-state index in [1.807, 2.05) is 0 Å². The van der Waals surface area contributed by atoms with Gasteiger partial charge in [-0.2, -0.15) is 13.2 Å². The number of primary sulfonamides is 1. The number of alkyl halides is 3. The molecular weight excluding hydrogens is 369 g/mol. The van der Waals surface area contributed by atoms with Crippen LogP contribution in [0.4, 0.5) is 18.9 Å². The topological polar surface area (TPSA) is 97.5 Å². The highest BCUT2D eigenvalue weighted by molar-refractivity contribution is 7.92. The number of para-hydroxylation sites is 1. The first-order valence-electron chi connectivity index (χ1n) is 7.07. The number of nitrogens with two attached hydrogens (primary N) is 1. The molecule has 0 amide bonds. The highest BCUT2D eigenvalue weighted by Crippen LogP contribution is 2.37. The monoisotopic (exact) mass is 386 g/mol. The van der Waals surface area contributed by atoms with Crippen molar-refractivity contribution in [2.45, 2.75) is 23.2 Å². The van der Waals surface area contributed by atoms with E-state index < -0.39 is 30.3 Å². The van der Waals surface area contributed by atoms with E-state index in [9.17, 15) is 30.0 Å². The zero-order chi connectivity index (χ0) is 18.2. The summed E-state index contributed by atoms with van der Waals surface area (Å²) in [6.07, 6.45) is 0.799. The molecule has 0 unspecified atom stereocenters. The van der Waals surface area contributed by atoms with Crippen LogP contribution in [0, 0.1) is 5.92 Å². The van der Waals surface area contributed by atoms with E-state index in [-0.39, 0.29) is 30.4 Å². The molecule has 6 nitrogen and oxygen atoms in total. The van der Waals surface area contributed by atoms with Crippen molar-refractivity contribution >= 4 is 25.5 Å². The molecule has 2 rings (SSSR count). The number of nitrogens with zero attached hydrogens (tertiary/aromatic N) is 1. The summed E-state index contributed by atoms with van der Waals surface area (Å²) in [5.74, 6) is -0.383. The third kappa shape index (κ3) is 4.19. The van der Waals surface area contributed by atoms with E-state index in [0.717, 1.165) is 6.07 Å². The van der Waals surface area contributed by atoms with Crippen LogP contribution in [0.2, 0.25) is 0 Å². The Morgan fingerprint density at radius 3 is 2.12 bits per heavy atom. The van der Waals surface area contributed by atoms with E-state index in [1.165, 1.54) is 23.1 Å². The molecule has 1 aromatic carbocycles. The van der Waals surface area contributed by atoms with E-state index in [0.29, 0.717) is 12.8 Å². The summed E-state index contributed by atoms with van der Waals surface area (Å²) >= 11 is 0. The Hall–Kier alpha value is -1.33. The van der Waals surface area contributed by atoms with Crippen LogP contribution in [0.3, 0.4) is 0 Å². The third-order valence-corrected chi connectivity index (χ3v) is 6.35. The number of benzene rings is 1. The minimum absolute atomic E-state index is 0.0242. The highest BCUT2D eigenvalue weighted by atomic mass is 32.2. The standard InChI is InChI=1S/C13H17F3N2O4S2/c14-13(15,16)24(21,22)12-4-2-1-3-11(12)18-7-5-10(6-8-18)9-23(17,19)20/h1-4,10H,5-9H2,(H2,17,19,20). The second-order valence-electron chi connectivity index (χ2n) is 5.68. The van der Waals surface area contributed by atoms with Crippen LogP contribution in [0.15, 0.2) is 29.2 Å².